The van der Waals surface area contributed by atoms with Crippen molar-refractivity contribution in [2.45, 2.75) is 13.2 Å². The number of carboxylic acid groups (broad SMARTS) is 2. The number of rotatable bonds is 10. The Morgan fingerprint density at radius 3 is 1.26 bits per heavy atom. The largest absolute Gasteiger partial charge is 0.489 e. The number of carboxylic acids is 2. The van der Waals surface area contributed by atoms with Crippen LogP contribution in [0.2, 0.25) is 0 Å². The van der Waals surface area contributed by atoms with Gasteiger partial charge in [0.15, 0.2) is 0 Å². The minimum atomic E-state index is -0.996. The summed E-state index contributed by atoms with van der Waals surface area (Å²) >= 11 is 0. The van der Waals surface area contributed by atoms with Crippen molar-refractivity contribution in [2.24, 2.45) is 0 Å². The molecule has 8 nitrogen and oxygen atoms in total. The molecule has 0 radical (unpaired) electrons. The third kappa shape index (κ3) is 8.89. The molecule has 5 rings (SSSR count). The molecule has 0 spiro atoms. The Morgan fingerprint density at radius 2 is 0.905 bits per heavy atom. The summed E-state index contributed by atoms with van der Waals surface area (Å²) < 4.78 is 11.3. The molecule has 0 saturated carbocycles. The average molecular weight is 561 g/mol. The van der Waals surface area contributed by atoms with Crippen LogP contribution < -0.4 is 9.47 Å². The van der Waals surface area contributed by atoms with E-state index in [4.69, 9.17) is 9.47 Å². The number of ether oxygens (including phenoxy) is 2. The lowest BCUT2D eigenvalue weighted by atomic mass is 10.1. The molecule has 2 aromatic heterocycles. The number of benzene rings is 3. The number of hydrogen-bond donors (Lipinski definition) is 2. The predicted molar refractivity (Wildman–Crippen MR) is 159 cm³/mol. The number of aromatic carboxylic acids is 2. The molecule has 0 aliphatic carbocycles. The zero-order valence-corrected chi connectivity index (χ0v) is 22.5. The van der Waals surface area contributed by atoms with E-state index in [1.54, 1.807) is 85.5 Å². The van der Waals surface area contributed by atoms with Gasteiger partial charge >= 0.3 is 11.9 Å². The third-order valence-corrected chi connectivity index (χ3v) is 5.99. The summed E-state index contributed by atoms with van der Waals surface area (Å²) in [5.74, 6) is -0.855. The molecule has 2 N–H and O–H groups in total. The summed E-state index contributed by atoms with van der Waals surface area (Å²) in [6.07, 6.45) is 11.2. The van der Waals surface area contributed by atoms with Gasteiger partial charge in [0.2, 0.25) is 0 Å². The lowest BCUT2D eigenvalue weighted by molar-refractivity contribution is 0.0683. The van der Waals surface area contributed by atoms with Crippen LogP contribution in [0.25, 0.3) is 12.2 Å². The van der Waals surface area contributed by atoms with Crippen molar-refractivity contribution in [1.29, 1.82) is 0 Å². The summed E-state index contributed by atoms with van der Waals surface area (Å²) in [5.41, 5.74) is 3.88. The van der Waals surface area contributed by atoms with Gasteiger partial charge in [0.25, 0.3) is 0 Å². The first kappa shape index (κ1) is 29.2. The average Bonchev–Trinajstić information content (AvgIpc) is 3.04. The highest BCUT2D eigenvalue weighted by molar-refractivity contribution is 5.89. The zero-order chi connectivity index (χ0) is 29.6. The van der Waals surface area contributed by atoms with Crippen LogP contribution in [0, 0.1) is 0 Å². The van der Waals surface area contributed by atoms with Gasteiger partial charge in [-0.3, -0.25) is 9.97 Å². The van der Waals surface area contributed by atoms with Gasteiger partial charge in [-0.25, -0.2) is 9.59 Å². The van der Waals surface area contributed by atoms with Crippen molar-refractivity contribution < 1.29 is 29.3 Å². The van der Waals surface area contributed by atoms with Crippen LogP contribution in [-0.4, -0.2) is 32.1 Å². The molecule has 3 aromatic carbocycles. The van der Waals surface area contributed by atoms with E-state index < -0.39 is 11.9 Å². The first-order valence-corrected chi connectivity index (χ1v) is 13.0. The Bertz CT molecular complexity index is 1500. The Labute approximate surface area is 243 Å². The van der Waals surface area contributed by atoms with Gasteiger partial charge in [-0.2, -0.15) is 0 Å². The number of carbonyl (C=O) groups is 2. The highest BCUT2D eigenvalue weighted by Crippen LogP contribution is 2.21. The van der Waals surface area contributed by atoms with Crippen molar-refractivity contribution >= 4 is 24.1 Å². The van der Waals surface area contributed by atoms with E-state index in [0.717, 1.165) is 11.1 Å². The first-order chi connectivity index (χ1) is 20.5. The molecule has 0 unspecified atom stereocenters. The molecule has 210 valence electrons. The molecule has 5 aromatic rings. The Balaban J connectivity index is 0.000000241. The van der Waals surface area contributed by atoms with E-state index in [1.165, 1.54) is 12.1 Å². The van der Waals surface area contributed by atoms with E-state index in [-0.39, 0.29) is 24.3 Å². The highest BCUT2D eigenvalue weighted by Gasteiger charge is 2.11. The van der Waals surface area contributed by atoms with Crippen molar-refractivity contribution in [3.8, 4) is 11.5 Å². The maximum atomic E-state index is 11.2. The number of pyridine rings is 2. The molecule has 0 bridgehead atoms. The van der Waals surface area contributed by atoms with Crippen LogP contribution in [0.5, 0.6) is 11.5 Å². The molecule has 0 aliphatic rings. The number of nitrogens with zero attached hydrogens (tertiary/aromatic N) is 2. The third-order valence-electron chi connectivity index (χ3n) is 5.99. The first-order valence-electron chi connectivity index (χ1n) is 13.0. The number of aromatic nitrogens is 2. The minimum Gasteiger partial charge on any atom is -0.489 e. The molecule has 2 heterocycles. The maximum absolute atomic E-state index is 11.2. The quantitative estimate of drug-likeness (QED) is 0.190. The standard InChI is InChI=1S/C22H18O6.C12H10N2/c23-21(24)19-7-3-1-5-15(19)13-27-17-9-11-18(12-10-17)28-14-16-6-2-4-8-20(16)22(25)26;1(11-3-7-13-8-4-11)2-12-5-9-14-10-6-12/h1-12H,13-14H2,(H,23,24)(H,25,26);1-10H/b;2-1+. The van der Waals surface area contributed by atoms with Crippen molar-refractivity contribution in [2.75, 3.05) is 0 Å². The van der Waals surface area contributed by atoms with Crippen molar-refractivity contribution in [3.63, 3.8) is 0 Å². The fourth-order valence-electron chi connectivity index (χ4n) is 3.81. The lowest BCUT2D eigenvalue weighted by Crippen LogP contribution is -2.06. The molecule has 0 atom stereocenters. The molecular formula is C34H28N2O6. The van der Waals surface area contributed by atoms with E-state index in [0.29, 0.717) is 22.6 Å². The van der Waals surface area contributed by atoms with Crippen molar-refractivity contribution in [3.05, 3.63) is 155 Å². The van der Waals surface area contributed by atoms with Gasteiger partial charge < -0.3 is 19.7 Å². The monoisotopic (exact) mass is 560 g/mol. The Kier molecular flexibility index (Phi) is 10.5. The maximum Gasteiger partial charge on any atom is 0.336 e. The van der Waals surface area contributed by atoms with Gasteiger partial charge in [0, 0.05) is 35.9 Å². The molecule has 0 amide bonds. The van der Waals surface area contributed by atoms with Crippen LogP contribution in [-0.2, 0) is 13.2 Å². The summed E-state index contributed by atoms with van der Waals surface area (Å²) in [5, 5.41) is 18.4. The lowest BCUT2D eigenvalue weighted by Gasteiger charge is -2.11. The molecular weight excluding hydrogens is 532 g/mol. The molecule has 8 heteroatoms. The normalized spacial score (nSPS) is 10.4. The highest BCUT2D eigenvalue weighted by atomic mass is 16.5. The van der Waals surface area contributed by atoms with Crippen LogP contribution in [0.15, 0.2) is 122 Å². The SMILES string of the molecule is C(=C\c1ccncc1)/c1ccncc1.O=C(O)c1ccccc1COc1ccc(OCc2ccccc2C(=O)O)cc1. The van der Waals surface area contributed by atoms with E-state index in [9.17, 15) is 19.8 Å². The van der Waals surface area contributed by atoms with Crippen LogP contribution in [0.3, 0.4) is 0 Å². The minimum absolute atomic E-state index is 0.134. The van der Waals surface area contributed by atoms with Crippen LogP contribution >= 0.6 is 0 Å². The van der Waals surface area contributed by atoms with E-state index in [2.05, 4.69) is 22.1 Å². The second-order valence-corrected chi connectivity index (χ2v) is 8.87. The molecule has 42 heavy (non-hydrogen) atoms. The molecule has 0 aliphatic heterocycles. The van der Waals surface area contributed by atoms with Gasteiger partial charge in [-0.15, -0.1) is 0 Å². The predicted octanol–water partition coefficient (Wildman–Crippen LogP) is 6.89. The van der Waals surface area contributed by atoms with Gasteiger partial charge in [-0.05, 0) is 71.8 Å². The zero-order valence-electron chi connectivity index (χ0n) is 22.5. The number of hydrogen-bond acceptors (Lipinski definition) is 6. The van der Waals surface area contributed by atoms with Crippen LogP contribution in [0.1, 0.15) is 43.0 Å². The summed E-state index contributed by atoms with van der Waals surface area (Å²) in [6, 6.07) is 28.1. The molecule has 0 saturated heterocycles. The van der Waals surface area contributed by atoms with E-state index >= 15 is 0 Å². The van der Waals surface area contributed by atoms with Crippen molar-refractivity contribution in [1.82, 2.24) is 9.97 Å². The summed E-state index contributed by atoms with van der Waals surface area (Å²) in [4.78, 5) is 30.4. The Hall–Kier alpha value is -5.76. The van der Waals surface area contributed by atoms with Gasteiger partial charge in [-0.1, -0.05) is 48.6 Å². The topological polar surface area (TPSA) is 119 Å². The fraction of sp³-hybridized carbons (Fsp3) is 0.0588. The fourth-order valence-corrected chi connectivity index (χ4v) is 3.81. The molecule has 0 fully saturated rings. The Morgan fingerprint density at radius 1 is 0.548 bits per heavy atom. The van der Waals surface area contributed by atoms with E-state index in [1.807, 2.05) is 24.3 Å². The second kappa shape index (κ2) is 15.1. The second-order valence-electron chi connectivity index (χ2n) is 8.87. The summed E-state index contributed by atoms with van der Waals surface area (Å²) in [7, 11) is 0. The van der Waals surface area contributed by atoms with Gasteiger partial charge in [0.05, 0.1) is 11.1 Å². The summed E-state index contributed by atoms with van der Waals surface area (Å²) in [6.45, 7) is 0.267. The van der Waals surface area contributed by atoms with Gasteiger partial charge in [0.1, 0.15) is 24.7 Å². The van der Waals surface area contributed by atoms with Crippen LogP contribution in [0.4, 0.5) is 0 Å². The smallest absolute Gasteiger partial charge is 0.336 e.